The Morgan fingerprint density at radius 2 is 2.05 bits per heavy atom. The second-order valence-corrected chi connectivity index (χ2v) is 8.23. The average Bonchev–Trinajstić information content (AvgIpc) is 2.48. The first-order valence-corrected chi connectivity index (χ1v) is 9.32. The zero-order valence-electron chi connectivity index (χ0n) is 12.6. The van der Waals surface area contributed by atoms with Crippen molar-refractivity contribution in [2.24, 2.45) is 11.7 Å². The van der Waals surface area contributed by atoms with E-state index < -0.39 is 0 Å². The number of hydrogen-bond acceptors (Lipinski definition) is 3. The molecule has 0 saturated carbocycles. The number of hydrogen-bond donors (Lipinski definition) is 1. The molecule has 0 amide bonds. The quantitative estimate of drug-likeness (QED) is 0.884. The van der Waals surface area contributed by atoms with Crippen molar-refractivity contribution in [3.05, 3.63) is 34.9 Å². The standard InChI is InChI=1S/C17H24ClNOS/c1-16(19,14-4-2-3-5-15(14)18)13-6-9-20-17(12-13)7-10-21-11-8-17/h2-5,13H,6-12,19H2,1H3. The molecular weight excluding hydrogens is 302 g/mol. The molecule has 1 spiro atoms. The Bertz CT molecular complexity index is 494. The lowest BCUT2D eigenvalue weighted by Crippen LogP contribution is -2.51. The number of benzene rings is 1. The molecule has 2 N–H and O–H groups in total. The third-order valence-electron chi connectivity index (χ3n) is 5.20. The lowest BCUT2D eigenvalue weighted by molar-refractivity contribution is -0.113. The monoisotopic (exact) mass is 325 g/mol. The summed E-state index contributed by atoms with van der Waals surface area (Å²) in [7, 11) is 0. The Morgan fingerprint density at radius 1 is 1.33 bits per heavy atom. The van der Waals surface area contributed by atoms with E-state index in [1.807, 2.05) is 30.0 Å². The van der Waals surface area contributed by atoms with Crippen molar-refractivity contribution in [2.75, 3.05) is 18.1 Å². The first-order chi connectivity index (χ1) is 10.0. The molecule has 3 rings (SSSR count). The molecule has 1 aromatic carbocycles. The SMILES string of the molecule is CC(N)(c1ccccc1Cl)C1CCOC2(CCSCC2)C1. The van der Waals surface area contributed by atoms with Gasteiger partial charge in [0.1, 0.15) is 0 Å². The van der Waals surface area contributed by atoms with Crippen LogP contribution in [0.15, 0.2) is 24.3 Å². The van der Waals surface area contributed by atoms with Crippen LogP contribution in [0.5, 0.6) is 0 Å². The molecule has 0 radical (unpaired) electrons. The van der Waals surface area contributed by atoms with Crippen LogP contribution in [0.1, 0.15) is 38.2 Å². The van der Waals surface area contributed by atoms with Gasteiger partial charge in [0.25, 0.3) is 0 Å². The minimum atomic E-state index is -0.389. The van der Waals surface area contributed by atoms with Crippen molar-refractivity contribution in [2.45, 2.75) is 43.7 Å². The van der Waals surface area contributed by atoms with Gasteiger partial charge in [0.15, 0.2) is 0 Å². The van der Waals surface area contributed by atoms with Crippen molar-refractivity contribution in [3.8, 4) is 0 Å². The van der Waals surface area contributed by atoms with Crippen LogP contribution in [0, 0.1) is 5.92 Å². The van der Waals surface area contributed by atoms with Gasteiger partial charge < -0.3 is 10.5 Å². The summed E-state index contributed by atoms with van der Waals surface area (Å²) < 4.78 is 6.20. The van der Waals surface area contributed by atoms with Crippen LogP contribution in [0.3, 0.4) is 0 Å². The molecule has 0 bridgehead atoms. The maximum Gasteiger partial charge on any atom is 0.0701 e. The van der Waals surface area contributed by atoms with Crippen molar-refractivity contribution in [1.82, 2.24) is 0 Å². The highest BCUT2D eigenvalue weighted by Gasteiger charge is 2.44. The highest BCUT2D eigenvalue weighted by molar-refractivity contribution is 7.99. The number of thioether (sulfide) groups is 1. The predicted octanol–water partition coefficient (Wildman–Crippen LogP) is 4.21. The summed E-state index contributed by atoms with van der Waals surface area (Å²) in [5.74, 6) is 2.84. The Labute approximate surface area is 136 Å². The van der Waals surface area contributed by atoms with E-state index in [4.69, 9.17) is 22.1 Å². The van der Waals surface area contributed by atoms with Crippen LogP contribution in [-0.2, 0) is 10.3 Å². The summed E-state index contributed by atoms with van der Waals surface area (Å²) >= 11 is 8.43. The Balaban J connectivity index is 1.83. The summed E-state index contributed by atoms with van der Waals surface area (Å²) in [5.41, 5.74) is 7.50. The van der Waals surface area contributed by atoms with E-state index in [0.29, 0.717) is 5.92 Å². The summed E-state index contributed by atoms with van der Waals surface area (Å²) in [5, 5.41) is 0.780. The molecule has 1 aromatic rings. The van der Waals surface area contributed by atoms with Crippen LogP contribution in [0.2, 0.25) is 5.02 Å². The number of halogens is 1. The Morgan fingerprint density at radius 3 is 2.76 bits per heavy atom. The lowest BCUT2D eigenvalue weighted by Gasteiger charge is -2.48. The number of ether oxygens (including phenoxy) is 1. The Kier molecular flexibility index (Phi) is 4.56. The van der Waals surface area contributed by atoms with Crippen LogP contribution in [0.25, 0.3) is 0 Å². The van der Waals surface area contributed by atoms with Gasteiger partial charge in [-0.15, -0.1) is 0 Å². The lowest BCUT2D eigenvalue weighted by atomic mass is 9.70. The number of rotatable bonds is 2. The first-order valence-electron chi connectivity index (χ1n) is 7.79. The molecule has 4 heteroatoms. The van der Waals surface area contributed by atoms with Gasteiger partial charge in [-0.05, 0) is 61.7 Å². The van der Waals surface area contributed by atoms with Gasteiger partial charge >= 0.3 is 0 Å². The fourth-order valence-electron chi connectivity index (χ4n) is 3.75. The van der Waals surface area contributed by atoms with Gasteiger partial charge in [0.2, 0.25) is 0 Å². The third kappa shape index (κ3) is 3.12. The fourth-order valence-corrected chi connectivity index (χ4v) is 5.33. The number of nitrogens with two attached hydrogens (primary N) is 1. The zero-order valence-corrected chi connectivity index (χ0v) is 14.2. The molecule has 116 valence electrons. The minimum Gasteiger partial charge on any atom is -0.375 e. The molecule has 2 aliphatic heterocycles. The maximum absolute atomic E-state index is 6.76. The van der Waals surface area contributed by atoms with Crippen LogP contribution in [-0.4, -0.2) is 23.7 Å². The van der Waals surface area contributed by atoms with Gasteiger partial charge in [-0.1, -0.05) is 29.8 Å². The molecule has 2 heterocycles. The maximum atomic E-state index is 6.76. The van der Waals surface area contributed by atoms with E-state index in [-0.39, 0.29) is 11.1 Å². The second kappa shape index (κ2) is 6.11. The molecule has 21 heavy (non-hydrogen) atoms. The van der Waals surface area contributed by atoms with Crippen LogP contribution >= 0.6 is 23.4 Å². The van der Waals surface area contributed by atoms with E-state index in [2.05, 4.69) is 13.0 Å². The van der Waals surface area contributed by atoms with Crippen molar-refractivity contribution >= 4 is 23.4 Å². The van der Waals surface area contributed by atoms with E-state index in [0.717, 1.165) is 42.9 Å². The van der Waals surface area contributed by atoms with Gasteiger partial charge in [-0.2, -0.15) is 11.8 Å². The topological polar surface area (TPSA) is 35.2 Å². The summed E-state index contributed by atoms with van der Waals surface area (Å²) in [6, 6.07) is 8.00. The van der Waals surface area contributed by atoms with Crippen molar-refractivity contribution in [1.29, 1.82) is 0 Å². The average molecular weight is 326 g/mol. The summed E-state index contributed by atoms with van der Waals surface area (Å²) in [6.07, 6.45) is 4.40. The largest absolute Gasteiger partial charge is 0.375 e. The zero-order chi connectivity index (χ0) is 14.9. The molecule has 0 aliphatic carbocycles. The molecular formula is C17H24ClNOS. The fraction of sp³-hybridized carbons (Fsp3) is 0.647. The van der Waals surface area contributed by atoms with Gasteiger partial charge in [0.05, 0.1) is 5.60 Å². The second-order valence-electron chi connectivity index (χ2n) is 6.60. The molecule has 2 nitrogen and oxygen atoms in total. The van der Waals surface area contributed by atoms with Crippen molar-refractivity contribution in [3.63, 3.8) is 0 Å². The van der Waals surface area contributed by atoms with E-state index in [1.54, 1.807) is 0 Å². The van der Waals surface area contributed by atoms with Crippen molar-refractivity contribution < 1.29 is 4.74 Å². The van der Waals surface area contributed by atoms with E-state index in [9.17, 15) is 0 Å². The summed E-state index contributed by atoms with van der Waals surface area (Å²) in [4.78, 5) is 0. The molecule has 2 unspecified atom stereocenters. The normalized spacial score (nSPS) is 28.2. The summed E-state index contributed by atoms with van der Waals surface area (Å²) in [6.45, 7) is 2.96. The molecule has 2 aliphatic rings. The third-order valence-corrected chi connectivity index (χ3v) is 6.51. The Hall–Kier alpha value is -0.220. The molecule has 2 atom stereocenters. The molecule has 2 fully saturated rings. The minimum absolute atomic E-state index is 0.0655. The smallest absolute Gasteiger partial charge is 0.0701 e. The van der Waals surface area contributed by atoms with Crippen LogP contribution in [0.4, 0.5) is 0 Å². The predicted molar refractivity (Wildman–Crippen MR) is 91.0 cm³/mol. The van der Waals surface area contributed by atoms with Gasteiger partial charge in [-0.3, -0.25) is 0 Å². The molecule has 2 saturated heterocycles. The van der Waals surface area contributed by atoms with Gasteiger partial charge in [0, 0.05) is 17.2 Å². The first kappa shape index (κ1) is 15.7. The highest BCUT2D eigenvalue weighted by atomic mass is 35.5. The van der Waals surface area contributed by atoms with E-state index in [1.165, 1.54) is 11.5 Å². The van der Waals surface area contributed by atoms with E-state index >= 15 is 0 Å². The molecule has 0 aromatic heterocycles. The van der Waals surface area contributed by atoms with Gasteiger partial charge in [-0.25, -0.2) is 0 Å². The van der Waals surface area contributed by atoms with Crippen LogP contribution < -0.4 is 5.73 Å². The highest BCUT2D eigenvalue weighted by Crippen LogP contribution is 2.45.